The van der Waals surface area contributed by atoms with Gasteiger partial charge in [0.25, 0.3) is 0 Å². The Labute approximate surface area is 113 Å². The highest BCUT2D eigenvalue weighted by Gasteiger charge is 2.03. The number of halogens is 1. The molecule has 0 heterocycles. The Kier molecular flexibility index (Phi) is 6.60. The Balaban J connectivity index is 2.13. The summed E-state index contributed by atoms with van der Waals surface area (Å²) in [7, 11) is 0. The maximum atomic E-state index is 5.63. The van der Waals surface area contributed by atoms with Gasteiger partial charge < -0.3 is 10.1 Å². The van der Waals surface area contributed by atoms with E-state index in [2.05, 4.69) is 42.0 Å². The molecule has 1 rings (SSSR count). The van der Waals surface area contributed by atoms with Gasteiger partial charge in [0.15, 0.2) is 0 Å². The van der Waals surface area contributed by atoms with E-state index >= 15 is 0 Å². The molecule has 0 bridgehead atoms. The van der Waals surface area contributed by atoms with Crippen molar-refractivity contribution in [2.45, 2.75) is 33.2 Å². The van der Waals surface area contributed by atoms with Gasteiger partial charge >= 0.3 is 0 Å². The zero-order valence-corrected chi connectivity index (χ0v) is 12.5. The van der Waals surface area contributed by atoms with Crippen LogP contribution in [0.1, 0.15) is 27.2 Å². The van der Waals surface area contributed by atoms with Gasteiger partial charge in [-0.15, -0.1) is 0 Å². The lowest BCUT2D eigenvalue weighted by atomic mass is 10.1. The van der Waals surface area contributed by atoms with Crippen LogP contribution in [0.25, 0.3) is 0 Å². The molecule has 0 aromatic heterocycles. The molecule has 0 aliphatic carbocycles. The predicted molar refractivity (Wildman–Crippen MR) is 76.6 cm³/mol. The van der Waals surface area contributed by atoms with Gasteiger partial charge in [0.1, 0.15) is 12.4 Å². The lowest BCUT2D eigenvalue weighted by Crippen LogP contribution is -2.31. The molecule has 0 aliphatic heterocycles. The van der Waals surface area contributed by atoms with E-state index in [-0.39, 0.29) is 0 Å². The molecule has 1 unspecified atom stereocenters. The zero-order chi connectivity index (χ0) is 12.7. The molecule has 1 aromatic rings. The molecule has 0 aliphatic rings. The molecule has 0 spiro atoms. The highest BCUT2D eigenvalue weighted by Crippen LogP contribution is 2.15. The predicted octanol–water partition coefficient (Wildman–Crippen LogP) is 3.85. The minimum atomic E-state index is 0.559. The van der Waals surface area contributed by atoms with Crippen LogP contribution in [0.5, 0.6) is 5.75 Å². The summed E-state index contributed by atoms with van der Waals surface area (Å²) in [5.41, 5.74) is 0. The van der Waals surface area contributed by atoms with E-state index in [1.807, 2.05) is 24.3 Å². The first kappa shape index (κ1) is 14.5. The SMILES string of the molecule is CC(C)CC(C)NCCOc1ccc(Br)cc1. The van der Waals surface area contributed by atoms with E-state index in [9.17, 15) is 0 Å². The molecule has 3 heteroatoms. The van der Waals surface area contributed by atoms with E-state index in [4.69, 9.17) is 4.74 Å². The standard InChI is InChI=1S/C14H22BrNO/c1-11(2)10-12(3)16-8-9-17-14-6-4-13(15)5-7-14/h4-7,11-12,16H,8-10H2,1-3H3. The van der Waals surface area contributed by atoms with Crippen molar-refractivity contribution in [1.82, 2.24) is 5.32 Å². The molecule has 17 heavy (non-hydrogen) atoms. The zero-order valence-electron chi connectivity index (χ0n) is 10.9. The summed E-state index contributed by atoms with van der Waals surface area (Å²) in [6.07, 6.45) is 1.21. The minimum absolute atomic E-state index is 0.559. The average molecular weight is 300 g/mol. The Bertz CT molecular complexity index is 311. The molecule has 0 amide bonds. The van der Waals surface area contributed by atoms with Crippen molar-refractivity contribution in [3.05, 3.63) is 28.7 Å². The van der Waals surface area contributed by atoms with Crippen LogP contribution in [0, 0.1) is 5.92 Å². The van der Waals surface area contributed by atoms with Crippen LogP contribution in [0.4, 0.5) is 0 Å². The highest BCUT2D eigenvalue weighted by atomic mass is 79.9. The van der Waals surface area contributed by atoms with E-state index < -0.39 is 0 Å². The van der Waals surface area contributed by atoms with Gasteiger partial charge in [0, 0.05) is 17.1 Å². The van der Waals surface area contributed by atoms with Crippen molar-refractivity contribution in [3.63, 3.8) is 0 Å². The summed E-state index contributed by atoms with van der Waals surface area (Å²) in [5, 5.41) is 3.46. The van der Waals surface area contributed by atoms with E-state index in [1.165, 1.54) is 6.42 Å². The van der Waals surface area contributed by atoms with Crippen LogP contribution in [-0.2, 0) is 0 Å². The Morgan fingerprint density at radius 3 is 2.41 bits per heavy atom. The Morgan fingerprint density at radius 2 is 1.82 bits per heavy atom. The maximum Gasteiger partial charge on any atom is 0.119 e. The average Bonchev–Trinajstić information content (AvgIpc) is 2.26. The fourth-order valence-electron chi connectivity index (χ4n) is 1.80. The van der Waals surface area contributed by atoms with Crippen molar-refractivity contribution in [3.8, 4) is 5.75 Å². The quantitative estimate of drug-likeness (QED) is 0.772. The molecule has 0 fully saturated rings. The molecular weight excluding hydrogens is 278 g/mol. The second-order valence-electron chi connectivity index (χ2n) is 4.79. The third-order valence-corrected chi connectivity index (χ3v) is 3.03. The molecular formula is C14H22BrNO. The van der Waals surface area contributed by atoms with Gasteiger partial charge in [-0.3, -0.25) is 0 Å². The Morgan fingerprint density at radius 1 is 1.18 bits per heavy atom. The fourth-order valence-corrected chi connectivity index (χ4v) is 2.06. The summed E-state index contributed by atoms with van der Waals surface area (Å²) < 4.78 is 6.71. The molecule has 0 saturated heterocycles. The third kappa shape index (κ3) is 6.69. The largest absolute Gasteiger partial charge is 0.492 e. The topological polar surface area (TPSA) is 21.3 Å². The van der Waals surface area contributed by atoms with E-state index in [0.29, 0.717) is 12.6 Å². The summed E-state index contributed by atoms with van der Waals surface area (Å²) in [4.78, 5) is 0. The van der Waals surface area contributed by atoms with Crippen LogP contribution < -0.4 is 10.1 Å². The van der Waals surface area contributed by atoms with Crippen LogP contribution in [0.2, 0.25) is 0 Å². The van der Waals surface area contributed by atoms with Gasteiger partial charge in [-0.05, 0) is 43.5 Å². The molecule has 1 aromatic carbocycles. The first-order chi connectivity index (χ1) is 8.08. The van der Waals surface area contributed by atoms with Crippen molar-refractivity contribution in [2.75, 3.05) is 13.2 Å². The molecule has 0 radical (unpaired) electrons. The van der Waals surface area contributed by atoms with Gasteiger partial charge in [0.05, 0.1) is 0 Å². The summed E-state index contributed by atoms with van der Waals surface area (Å²) in [6.45, 7) is 8.32. The maximum absolute atomic E-state index is 5.63. The molecule has 96 valence electrons. The molecule has 1 N–H and O–H groups in total. The third-order valence-electron chi connectivity index (χ3n) is 2.50. The van der Waals surface area contributed by atoms with Gasteiger partial charge in [-0.1, -0.05) is 29.8 Å². The van der Waals surface area contributed by atoms with Gasteiger partial charge in [-0.2, -0.15) is 0 Å². The highest BCUT2D eigenvalue weighted by molar-refractivity contribution is 9.10. The molecule has 0 saturated carbocycles. The number of ether oxygens (including phenoxy) is 1. The van der Waals surface area contributed by atoms with Crippen LogP contribution in [0.3, 0.4) is 0 Å². The number of rotatable bonds is 7. The van der Waals surface area contributed by atoms with Crippen LogP contribution in [0.15, 0.2) is 28.7 Å². The van der Waals surface area contributed by atoms with E-state index in [0.717, 1.165) is 22.7 Å². The van der Waals surface area contributed by atoms with Crippen molar-refractivity contribution >= 4 is 15.9 Å². The smallest absolute Gasteiger partial charge is 0.119 e. The summed E-state index contributed by atoms with van der Waals surface area (Å²) in [6, 6.07) is 8.49. The first-order valence-corrected chi connectivity index (χ1v) is 6.99. The fraction of sp³-hybridized carbons (Fsp3) is 0.571. The first-order valence-electron chi connectivity index (χ1n) is 6.19. The second kappa shape index (κ2) is 7.72. The summed E-state index contributed by atoms with van der Waals surface area (Å²) >= 11 is 3.40. The van der Waals surface area contributed by atoms with Crippen LogP contribution >= 0.6 is 15.9 Å². The van der Waals surface area contributed by atoms with Crippen LogP contribution in [-0.4, -0.2) is 19.2 Å². The molecule has 1 atom stereocenters. The number of benzene rings is 1. The lowest BCUT2D eigenvalue weighted by Gasteiger charge is -2.16. The van der Waals surface area contributed by atoms with Gasteiger partial charge in [-0.25, -0.2) is 0 Å². The normalized spacial score (nSPS) is 12.8. The van der Waals surface area contributed by atoms with Crippen molar-refractivity contribution in [1.29, 1.82) is 0 Å². The summed E-state index contributed by atoms with van der Waals surface area (Å²) in [5.74, 6) is 1.66. The minimum Gasteiger partial charge on any atom is -0.492 e. The number of nitrogens with one attached hydrogen (secondary N) is 1. The Hall–Kier alpha value is -0.540. The number of hydrogen-bond donors (Lipinski definition) is 1. The lowest BCUT2D eigenvalue weighted by molar-refractivity contribution is 0.301. The molecule has 2 nitrogen and oxygen atoms in total. The van der Waals surface area contributed by atoms with Gasteiger partial charge in [0.2, 0.25) is 0 Å². The van der Waals surface area contributed by atoms with Crippen molar-refractivity contribution in [2.24, 2.45) is 5.92 Å². The second-order valence-corrected chi connectivity index (χ2v) is 5.70. The van der Waals surface area contributed by atoms with E-state index in [1.54, 1.807) is 0 Å². The number of hydrogen-bond acceptors (Lipinski definition) is 2. The van der Waals surface area contributed by atoms with Crippen molar-refractivity contribution < 1.29 is 4.74 Å². The monoisotopic (exact) mass is 299 g/mol.